The Kier molecular flexibility index (Phi) is 4.05. The number of aliphatic hydroxyl groups excluding tert-OH is 1. The molecule has 0 bridgehead atoms. The predicted octanol–water partition coefficient (Wildman–Crippen LogP) is -1.03. The third kappa shape index (κ3) is 3.17. The number of hydrogen-bond acceptors (Lipinski definition) is 4. The van der Waals surface area contributed by atoms with Crippen molar-refractivity contribution in [1.82, 2.24) is 5.32 Å². The number of carboxylic acid groups (broad SMARTS) is 1. The molecule has 1 rings (SSSR count). The highest BCUT2D eigenvalue weighted by Gasteiger charge is 2.30. The molecule has 0 aliphatic carbocycles. The van der Waals surface area contributed by atoms with Gasteiger partial charge in [-0.15, -0.1) is 0 Å². The molecule has 0 radical (unpaired) electrons. The van der Waals surface area contributed by atoms with E-state index in [1.807, 2.05) is 0 Å². The van der Waals surface area contributed by atoms with E-state index in [2.05, 4.69) is 5.32 Å². The molecule has 3 unspecified atom stereocenters. The van der Waals surface area contributed by atoms with Gasteiger partial charge in [0, 0.05) is 6.61 Å². The number of carboxylic acids is 1. The number of carbonyl (C=O) groups excluding carboxylic acids is 1. The Morgan fingerprint density at radius 1 is 1.53 bits per heavy atom. The molecule has 1 aliphatic heterocycles. The van der Waals surface area contributed by atoms with Crippen molar-refractivity contribution in [3.05, 3.63) is 0 Å². The van der Waals surface area contributed by atoms with Crippen LogP contribution in [-0.2, 0) is 14.3 Å². The number of ether oxygens (including phenoxy) is 1. The smallest absolute Gasteiger partial charge is 0.328 e. The minimum absolute atomic E-state index is 0.300. The van der Waals surface area contributed by atoms with Gasteiger partial charge in [-0.3, -0.25) is 4.79 Å². The molecule has 1 fully saturated rings. The summed E-state index contributed by atoms with van der Waals surface area (Å²) >= 11 is 0. The highest BCUT2D eigenvalue weighted by molar-refractivity contribution is 5.85. The maximum Gasteiger partial charge on any atom is 0.328 e. The minimum Gasteiger partial charge on any atom is -0.480 e. The largest absolute Gasteiger partial charge is 0.480 e. The second kappa shape index (κ2) is 5.09. The van der Waals surface area contributed by atoms with Gasteiger partial charge >= 0.3 is 5.97 Å². The van der Waals surface area contributed by atoms with Gasteiger partial charge in [0.15, 0.2) is 6.04 Å². The van der Waals surface area contributed by atoms with Gasteiger partial charge in [0.1, 0.15) is 0 Å². The molecule has 1 heterocycles. The first-order valence-corrected chi connectivity index (χ1v) is 4.81. The van der Waals surface area contributed by atoms with Crippen molar-refractivity contribution in [1.29, 1.82) is 0 Å². The van der Waals surface area contributed by atoms with E-state index in [4.69, 9.17) is 14.9 Å². The van der Waals surface area contributed by atoms with E-state index in [0.29, 0.717) is 19.6 Å². The molecule has 0 aromatic rings. The van der Waals surface area contributed by atoms with Crippen molar-refractivity contribution in [3.63, 3.8) is 0 Å². The molecular weight excluding hydrogens is 202 g/mol. The fraction of sp³-hybridized carbons (Fsp3) is 0.778. The second-order valence-electron chi connectivity index (χ2n) is 3.63. The summed E-state index contributed by atoms with van der Waals surface area (Å²) in [6.45, 7) is 2.16. The molecule has 1 saturated heterocycles. The average Bonchev–Trinajstić information content (AvgIpc) is 2.65. The van der Waals surface area contributed by atoms with Gasteiger partial charge in [0.05, 0.1) is 18.6 Å². The third-order valence-corrected chi connectivity index (χ3v) is 2.35. The lowest BCUT2D eigenvalue weighted by atomic mass is 10.1. The summed E-state index contributed by atoms with van der Waals surface area (Å²) in [5.41, 5.74) is 0. The lowest BCUT2D eigenvalue weighted by Crippen LogP contribution is -2.49. The van der Waals surface area contributed by atoms with Crippen LogP contribution in [0.4, 0.5) is 0 Å². The quantitative estimate of drug-likeness (QED) is 0.559. The van der Waals surface area contributed by atoms with E-state index in [1.54, 1.807) is 0 Å². The highest BCUT2D eigenvalue weighted by Crippen LogP contribution is 2.12. The molecule has 0 spiro atoms. The molecular formula is C9H15NO5. The van der Waals surface area contributed by atoms with E-state index in [-0.39, 0.29) is 11.8 Å². The molecule has 15 heavy (non-hydrogen) atoms. The summed E-state index contributed by atoms with van der Waals surface area (Å²) in [7, 11) is 0. The summed E-state index contributed by atoms with van der Waals surface area (Å²) in [4.78, 5) is 22.2. The van der Waals surface area contributed by atoms with E-state index in [9.17, 15) is 9.59 Å². The van der Waals surface area contributed by atoms with Crippen LogP contribution in [0, 0.1) is 5.92 Å². The van der Waals surface area contributed by atoms with Crippen LogP contribution in [0.3, 0.4) is 0 Å². The number of nitrogens with one attached hydrogen (secondary N) is 1. The number of aliphatic hydroxyl groups is 1. The average molecular weight is 217 g/mol. The van der Waals surface area contributed by atoms with Gasteiger partial charge in [0.25, 0.3) is 0 Å². The third-order valence-electron chi connectivity index (χ3n) is 2.35. The van der Waals surface area contributed by atoms with E-state index >= 15 is 0 Å². The Labute approximate surface area is 87.2 Å². The van der Waals surface area contributed by atoms with E-state index in [1.165, 1.54) is 6.92 Å². The van der Waals surface area contributed by atoms with Crippen LogP contribution in [0.5, 0.6) is 0 Å². The van der Waals surface area contributed by atoms with Crippen LogP contribution in [0.15, 0.2) is 0 Å². The molecule has 1 aliphatic rings. The Morgan fingerprint density at radius 2 is 2.20 bits per heavy atom. The molecule has 0 aromatic carbocycles. The van der Waals surface area contributed by atoms with Crippen LogP contribution in [0.2, 0.25) is 0 Å². The maximum atomic E-state index is 11.5. The number of aliphatic carboxylic acids is 1. The molecule has 3 atom stereocenters. The topological polar surface area (TPSA) is 95.9 Å². The fourth-order valence-corrected chi connectivity index (χ4v) is 1.40. The molecule has 3 N–H and O–H groups in total. The van der Waals surface area contributed by atoms with Crippen molar-refractivity contribution in [2.45, 2.75) is 25.5 Å². The van der Waals surface area contributed by atoms with Gasteiger partial charge in [0.2, 0.25) is 5.91 Å². The summed E-state index contributed by atoms with van der Waals surface area (Å²) in [6, 6.07) is -1.25. The summed E-state index contributed by atoms with van der Waals surface area (Å²) in [5.74, 6) is -1.91. The monoisotopic (exact) mass is 217 g/mol. The first-order chi connectivity index (χ1) is 7.02. The number of hydrogen-bond donors (Lipinski definition) is 3. The number of carbonyl (C=O) groups is 2. The van der Waals surface area contributed by atoms with Gasteiger partial charge in [-0.1, -0.05) is 0 Å². The van der Waals surface area contributed by atoms with Gasteiger partial charge in [-0.2, -0.15) is 0 Å². The molecule has 86 valence electrons. The molecule has 1 amide bonds. The maximum absolute atomic E-state index is 11.5. The standard InChI is InChI=1S/C9H15NO5/c1-5(11)7(9(13)14)10-8(12)6-2-3-15-4-6/h5-7,11H,2-4H2,1H3,(H,10,12)(H,13,14). The Hall–Kier alpha value is -1.14. The highest BCUT2D eigenvalue weighted by atomic mass is 16.5. The number of amides is 1. The molecule has 0 saturated carbocycles. The lowest BCUT2D eigenvalue weighted by Gasteiger charge is -2.18. The van der Waals surface area contributed by atoms with E-state index < -0.39 is 18.1 Å². The Bertz CT molecular complexity index is 247. The van der Waals surface area contributed by atoms with Crippen LogP contribution < -0.4 is 5.32 Å². The predicted molar refractivity (Wildman–Crippen MR) is 50.2 cm³/mol. The van der Waals surface area contributed by atoms with Gasteiger partial charge in [-0.05, 0) is 13.3 Å². The second-order valence-corrected chi connectivity index (χ2v) is 3.63. The van der Waals surface area contributed by atoms with Gasteiger partial charge in [-0.25, -0.2) is 4.79 Å². The minimum atomic E-state index is -1.25. The summed E-state index contributed by atoms with van der Waals surface area (Å²) in [5, 5.41) is 20.2. The normalized spacial score (nSPS) is 24.5. The molecule has 0 aromatic heterocycles. The first kappa shape index (κ1) is 11.9. The molecule has 6 nitrogen and oxygen atoms in total. The lowest BCUT2D eigenvalue weighted by molar-refractivity contribution is -0.145. The fourth-order valence-electron chi connectivity index (χ4n) is 1.40. The Morgan fingerprint density at radius 3 is 2.60 bits per heavy atom. The van der Waals surface area contributed by atoms with Crippen molar-refractivity contribution in [3.8, 4) is 0 Å². The number of rotatable bonds is 4. The zero-order valence-corrected chi connectivity index (χ0v) is 8.47. The Balaban J connectivity index is 2.50. The zero-order chi connectivity index (χ0) is 11.4. The zero-order valence-electron chi connectivity index (χ0n) is 8.47. The SMILES string of the molecule is CC(O)C(NC(=O)C1CCOC1)C(=O)O. The van der Waals surface area contributed by atoms with Crippen molar-refractivity contribution in [2.24, 2.45) is 5.92 Å². The van der Waals surface area contributed by atoms with Crippen molar-refractivity contribution >= 4 is 11.9 Å². The van der Waals surface area contributed by atoms with Gasteiger partial charge < -0.3 is 20.3 Å². The van der Waals surface area contributed by atoms with Crippen LogP contribution in [-0.4, -0.2) is 47.4 Å². The first-order valence-electron chi connectivity index (χ1n) is 4.81. The molecule has 6 heteroatoms. The summed E-state index contributed by atoms with van der Waals surface area (Å²) in [6.07, 6.45) is -0.522. The summed E-state index contributed by atoms with van der Waals surface area (Å²) < 4.78 is 5.01. The van der Waals surface area contributed by atoms with Crippen LogP contribution in [0.1, 0.15) is 13.3 Å². The van der Waals surface area contributed by atoms with Crippen molar-refractivity contribution < 1.29 is 24.5 Å². The van der Waals surface area contributed by atoms with Crippen LogP contribution >= 0.6 is 0 Å². The van der Waals surface area contributed by atoms with Crippen LogP contribution in [0.25, 0.3) is 0 Å². The van der Waals surface area contributed by atoms with E-state index in [0.717, 1.165) is 0 Å². The van der Waals surface area contributed by atoms with Crippen molar-refractivity contribution in [2.75, 3.05) is 13.2 Å².